The van der Waals surface area contributed by atoms with Gasteiger partial charge in [-0.1, -0.05) is 49.7 Å². The molecule has 0 saturated heterocycles. The molecule has 0 unspecified atom stereocenters. The monoisotopic (exact) mass is 539 g/mol. The maximum Gasteiger partial charge on any atom is 0.293 e. The van der Waals surface area contributed by atoms with Crippen LogP contribution in [0.1, 0.15) is 41.3 Å². The van der Waals surface area contributed by atoms with Gasteiger partial charge in [0.15, 0.2) is 5.82 Å². The van der Waals surface area contributed by atoms with Gasteiger partial charge in [0, 0.05) is 41.4 Å². The van der Waals surface area contributed by atoms with E-state index < -0.39 is 12.5 Å². The highest BCUT2D eigenvalue weighted by Crippen LogP contribution is 2.29. The molecule has 0 aliphatic rings. The fourth-order valence-electron chi connectivity index (χ4n) is 4.39. The molecule has 0 aliphatic heterocycles. The van der Waals surface area contributed by atoms with Crippen molar-refractivity contribution in [3.05, 3.63) is 100.0 Å². The summed E-state index contributed by atoms with van der Waals surface area (Å²) in [6.45, 7) is 3.40. The van der Waals surface area contributed by atoms with Crippen LogP contribution in [0.5, 0.6) is 0 Å². The van der Waals surface area contributed by atoms with Gasteiger partial charge in [0.05, 0.1) is 5.69 Å². The van der Waals surface area contributed by atoms with E-state index in [1.807, 2.05) is 49.4 Å². The van der Waals surface area contributed by atoms with Crippen molar-refractivity contribution in [2.45, 2.75) is 33.1 Å². The lowest BCUT2D eigenvalue weighted by molar-refractivity contribution is -0.118. The average molecular weight is 540 g/mol. The first kappa shape index (κ1) is 28.3. The van der Waals surface area contributed by atoms with Gasteiger partial charge in [0.25, 0.3) is 11.5 Å². The number of hydrogen-bond acceptors (Lipinski definition) is 6. The summed E-state index contributed by atoms with van der Waals surface area (Å²) < 4.78 is 1.44. The predicted octanol–water partition coefficient (Wildman–Crippen LogP) is 5.03. The van der Waals surface area contributed by atoms with E-state index in [0.717, 1.165) is 36.0 Å². The largest absolute Gasteiger partial charge is 0.387 e. The number of hydrogen-bond donors (Lipinski definition) is 4. The van der Waals surface area contributed by atoms with Crippen LogP contribution in [0.2, 0.25) is 0 Å². The number of nitrogens with one attached hydrogen (secondary N) is 3. The third kappa shape index (κ3) is 6.62. The SMILES string of the molecule is CCCCc1ccccc1C(=O)Nc1cccc(-c2cn(C)c(=O)c(Nc3cccc(NC(=O)CO)c3)n2)c1C. The van der Waals surface area contributed by atoms with Crippen molar-refractivity contribution < 1.29 is 14.7 Å². The third-order valence-corrected chi connectivity index (χ3v) is 6.54. The molecular formula is C31H33N5O4. The highest BCUT2D eigenvalue weighted by atomic mass is 16.3. The van der Waals surface area contributed by atoms with Crippen LogP contribution in [0, 0.1) is 6.92 Å². The number of aliphatic hydroxyl groups excluding tert-OH is 1. The molecule has 0 aliphatic carbocycles. The van der Waals surface area contributed by atoms with Gasteiger partial charge in [-0.05, 0) is 61.2 Å². The van der Waals surface area contributed by atoms with Gasteiger partial charge in [-0.15, -0.1) is 0 Å². The van der Waals surface area contributed by atoms with Crippen LogP contribution >= 0.6 is 0 Å². The molecule has 4 rings (SSSR count). The minimum atomic E-state index is -0.633. The van der Waals surface area contributed by atoms with Gasteiger partial charge in [-0.25, -0.2) is 4.98 Å². The van der Waals surface area contributed by atoms with Crippen LogP contribution in [0.4, 0.5) is 22.9 Å². The number of carbonyl (C=O) groups is 2. The molecule has 9 heteroatoms. The molecular weight excluding hydrogens is 506 g/mol. The predicted molar refractivity (Wildman–Crippen MR) is 158 cm³/mol. The molecule has 3 aromatic carbocycles. The Morgan fingerprint density at radius 2 is 1.73 bits per heavy atom. The zero-order valence-electron chi connectivity index (χ0n) is 22.8. The molecule has 0 fully saturated rings. The Morgan fingerprint density at radius 1 is 0.975 bits per heavy atom. The lowest BCUT2D eigenvalue weighted by Crippen LogP contribution is -2.22. The van der Waals surface area contributed by atoms with Gasteiger partial charge in [-0.3, -0.25) is 14.4 Å². The molecule has 40 heavy (non-hydrogen) atoms. The molecule has 206 valence electrons. The Hall–Kier alpha value is -4.76. The summed E-state index contributed by atoms with van der Waals surface area (Å²) in [5.41, 5.74) is 5.13. The molecule has 0 atom stereocenters. The summed E-state index contributed by atoms with van der Waals surface area (Å²) in [7, 11) is 1.64. The Bertz CT molecular complexity index is 1600. The topological polar surface area (TPSA) is 125 Å². The zero-order valence-corrected chi connectivity index (χ0v) is 22.8. The Balaban J connectivity index is 1.63. The van der Waals surface area contributed by atoms with Gasteiger partial charge in [-0.2, -0.15) is 0 Å². The molecule has 4 aromatic rings. The van der Waals surface area contributed by atoms with Crippen molar-refractivity contribution in [1.29, 1.82) is 0 Å². The van der Waals surface area contributed by atoms with Crippen molar-refractivity contribution in [3.63, 3.8) is 0 Å². The minimum absolute atomic E-state index is 0.101. The number of aromatic nitrogens is 2. The maximum absolute atomic E-state index is 13.2. The van der Waals surface area contributed by atoms with Crippen LogP contribution < -0.4 is 21.5 Å². The maximum atomic E-state index is 13.2. The molecule has 4 N–H and O–H groups in total. The molecule has 0 saturated carbocycles. The van der Waals surface area contributed by atoms with Crippen molar-refractivity contribution in [3.8, 4) is 11.3 Å². The first-order chi connectivity index (χ1) is 19.3. The van der Waals surface area contributed by atoms with Gasteiger partial charge < -0.3 is 25.6 Å². The lowest BCUT2D eigenvalue weighted by atomic mass is 10.0. The summed E-state index contributed by atoms with van der Waals surface area (Å²) in [4.78, 5) is 42.3. The standard InChI is InChI=1S/C31H33N5O4/c1-4-5-10-21-11-6-7-14-25(21)30(39)35-26-16-9-15-24(20(26)2)27-18-36(3)31(40)29(34-27)33-23-13-8-12-22(17-23)32-28(38)19-37/h6-9,11-18,37H,4-5,10,19H2,1-3H3,(H,32,38)(H,33,34)(H,35,39). The third-order valence-electron chi connectivity index (χ3n) is 6.54. The van der Waals surface area contributed by atoms with Crippen molar-refractivity contribution >= 4 is 34.7 Å². The summed E-state index contributed by atoms with van der Waals surface area (Å²) in [6, 6.07) is 20.0. The van der Waals surface area contributed by atoms with Crippen LogP contribution in [-0.2, 0) is 18.3 Å². The van der Waals surface area contributed by atoms with Crippen LogP contribution in [0.25, 0.3) is 11.3 Å². The molecule has 2 amide bonds. The lowest BCUT2D eigenvalue weighted by Gasteiger charge is -2.15. The summed E-state index contributed by atoms with van der Waals surface area (Å²) in [5, 5.41) is 17.7. The smallest absolute Gasteiger partial charge is 0.293 e. The second-order valence-corrected chi connectivity index (χ2v) is 9.50. The minimum Gasteiger partial charge on any atom is -0.387 e. The number of carbonyl (C=O) groups excluding carboxylic acids is 2. The fraction of sp³-hybridized carbons (Fsp3) is 0.226. The van der Waals surface area contributed by atoms with Crippen LogP contribution in [0.3, 0.4) is 0 Å². The second kappa shape index (κ2) is 12.9. The van der Waals surface area contributed by atoms with Crippen molar-refractivity contribution in [1.82, 2.24) is 9.55 Å². The van der Waals surface area contributed by atoms with Crippen molar-refractivity contribution in [2.24, 2.45) is 7.05 Å². The first-order valence-electron chi connectivity index (χ1n) is 13.2. The second-order valence-electron chi connectivity index (χ2n) is 9.50. The first-order valence-corrected chi connectivity index (χ1v) is 13.2. The number of anilines is 4. The van der Waals surface area contributed by atoms with Gasteiger partial charge in [0.1, 0.15) is 6.61 Å². The van der Waals surface area contributed by atoms with E-state index in [1.54, 1.807) is 37.5 Å². The normalized spacial score (nSPS) is 10.7. The zero-order chi connectivity index (χ0) is 28.6. The number of aryl methyl sites for hydroxylation is 2. The number of amides is 2. The van der Waals surface area contributed by atoms with Gasteiger partial charge >= 0.3 is 0 Å². The number of aliphatic hydroxyl groups is 1. The highest BCUT2D eigenvalue weighted by molar-refractivity contribution is 6.06. The van der Waals surface area contributed by atoms with E-state index in [1.165, 1.54) is 4.57 Å². The number of unbranched alkanes of at least 4 members (excludes halogenated alkanes) is 1. The Labute approximate surface area is 232 Å². The van der Waals surface area contributed by atoms with Crippen LogP contribution in [0.15, 0.2) is 77.7 Å². The summed E-state index contributed by atoms with van der Waals surface area (Å²) in [6.07, 6.45) is 4.55. The quantitative estimate of drug-likeness (QED) is 0.224. The van der Waals surface area contributed by atoms with E-state index in [0.29, 0.717) is 28.3 Å². The van der Waals surface area contributed by atoms with E-state index >= 15 is 0 Å². The molecule has 9 nitrogen and oxygen atoms in total. The molecule has 0 radical (unpaired) electrons. The van der Waals surface area contributed by atoms with Gasteiger partial charge in [0.2, 0.25) is 5.91 Å². The highest BCUT2D eigenvalue weighted by Gasteiger charge is 2.16. The van der Waals surface area contributed by atoms with Crippen LogP contribution in [-0.4, -0.2) is 33.1 Å². The molecule has 0 bridgehead atoms. The number of nitrogens with zero attached hydrogens (tertiary/aromatic N) is 2. The molecule has 1 heterocycles. The van der Waals surface area contributed by atoms with E-state index in [2.05, 4.69) is 27.9 Å². The number of rotatable bonds is 10. The fourth-order valence-corrected chi connectivity index (χ4v) is 4.39. The Morgan fingerprint density at radius 3 is 2.50 bits per heavy atom. The summed E-state index contributed by atoms with van der Waals surface area (Å²) in [5.74, 6) is -0.611. The van der Waals surface area contributed by atoms with Crippen molar-refractivity contribution in [2.75, 3.05) is 22.6 Å². The number of benzene rings is 3. The van der Waals surface area contributed by atoms with E-state index in [9.17, 15) is 14.4 Å². The molecule has 1 aromatic heterocycles. The Kier molecular flexibility index (Phi) is 9.08. The molecule has 0 spiro atoms. The van der Waals surface area contributed by atoms with E-state index in [-0.39, 0.29) is 17.3 Å². The summed E-state index contributed by atoms with van der Waals surface area (Å²) >= 11 is 0. The average Bonchev–Trinajstić information content (AvgIpc) is 2.95. The van der Waals surface area contributed by atoms with E-state index in [4.69, 9.17) is 5.11 Å².